The highest BCUT2D eigenvalue weighted by Gasteiger charge is 2.37. The zero-order valence-electron chi connectivity index (χ0n) is 10.4. The first-order chi connectivity index (χ1) is 8.93. The van der Waals surface area contributed by atoms with Crippen molar-refractivity contribution in [3.05, 3.63) is 29.3 Å². The minimum absolute atomic E-state index is 0.183. The van der Waals surface area contributed by atoms with E-state index in [-0.39, 0.29) is 6.04 Å². The molecule has 0 aromatic heterocycles. The van der Waals surface area contributed by atoms with Gasteiger partial charge >= 0.3 is 6.18 Å². The number of hydrogen-bond acceptors (Lipinski definition) is 3. The molecule has 0 saturated carbocycles. The van der Waals surface area contributed by atoms with Gasteiger partial charge in [0.15, 0.2) is 0 Å². The van der Waals surface area contributed by atoms with Gasteiger partial charge in [-0.3, -0.25) is 4.90 Å². The van der Waals surface area contributed by atoms with Crippen LogP contribution in [0.4, 0.5) is 13.2 Å². The number of nitrogens with zero attached hydrogens (tertiary/aromatic N) is 2. The van der Waals surface area contributed by atoms with Gasteiger partial charge in [-0.25, -0.2) is 0 Å². The maximum absolute atomic E-state index is 13.1. The molecule has 1 saturated heterocycles. The SMILES string of the molecule is CN1CCCC1c1ccc(SC#N)cc1C(F)(F)F. The third kappa shape index (κ3) is 3.04. The zero-order valence-corrected chi connectivity index (χ0v) is 11.2. The van der Waals surface area contributed by atoms with E-state index < -0.39 is 11.7 Å². The van der Waals surface area contributed by atoms with Gasteiger partial charge in [0.05, 0.1) is 5.56 Å². The Kier molecular flexibility index (Phi) is 4.07. The Morgan fingerprint density at radius 2 is 2.16 bits per heavy atom. The van der Waals surface area contributed by atoms with E-state index in [1.807, 2.05) is 11.9 Å². The lowest BCUT2D eigenvalue weighted by molar-refractivity contribution is -0.138. The van der Waals surface area contributed by atoms with E-state index in [4.69, 9.17) is 5.26 Å². The second-order valence-electron chi connectivity index (χ2n) is 4.58. The number of thiocyanates is 1. The molecule has 1 unspecified atom stereocenters. The van der Waals surface area contributed by atoms with E-state index >= 15 is 0 Å². The van der Waals surface area contributed by atoms with Crippen molar-refractivity contribution in [2.45, 2.75) is 30.0 Å². The van der Waals surface area contributed by atoms with E-state index in [0.29, 0.717) is 10.5 Å². The van der Waals surface area contributed by atoms with Crippen LogP contribution in [-0.4, -0.2) is 18.5 Å². The average molecular weight is 286 g/mol. The Bertz CT molecular complexity index is 508. The largest absolute Gasteiger partial charge is 0.416 e. The van der Waals surface area contributed by atoms with Gasteiger partial charge in [-0.05, 0) is 55.9 Å². The smallest absolute Gasteiger partial charge is 0.299 e. The predicted octanol–water partition coefficient (Wildman–Crippen LogP) is 4.05. The summed E-state index contributed by atoms with van der Waals surface area (Å²) >= 11 is 0.750. The number of thioether (sulfide) groups is 1. The van der Waals surface area contributed by atoms with E-state index in [1.165, 1.54) is 6.07 Å². The molecule has 0 N–H and O–H groups in total. The van der Waals surface area contributed by atoms with Crippen LogP contribution in [0.1, 0.15) is 30.0 Å². The van der Waals surface area contributed by atoms with Crippen LogP contribution in [0.3, 0.4) is 0 Å². The normalized spacial score (nSPS) is 20.5. The first kappa shape index (κ1) is 14.2. The van der Waals surface area contributed by atoms with E-state index in [1.54, 1.807) is 11.5 Å². The monoisotopic (exact) mass is 286 g/mol. The van der Waals surface area contributed by atoms with Crippen molar-refractivity contribution in [2.75, 3.05) is 13.6 Å². The molecule has 1 aliphatic rings. The summed E-state index contributed by atoms with van der Waals surface area (Å²) in [6.07, 6.45) is -2.73. The van der Waals surface area contributed by atoms with Crippen LogP contribution in [0.15, 0.2) is 23.1 Å². The van der Waals surface area contributed by atoms with Crippen LogP contribution in [0.2, 0.25) is 0 Å². The molecule has 1 atom stereocenters. The Balaban J connectivity index is 2.45. The van der Waals surface area contributed by atoms with Gasteiger partial charge in [0.1, 0.15) is 5.40 Å². The Morgan fingerprint density at radius 1 is 1.42 bits per heavy atom. The summed E-state index contributed by atoms with van der Waals surface area (Å²) in [6, 6.07) is 3.99. The number of nitriles is 1. The minimum atomic E-state index is -4.38. The van der Waals surface area contributed by atoms with Crippen LogP contribution in [0.5, 0.6) is 0 Å². The zero-order chi connectivity index (χ0) is 14.0. The molecular weight excluding hydrogens is 273 g/mol. The molecule has 19 heavy (non-hydrogen) atoms. The summed E-state index contributed by atoms with van der Waals surface area (Å²) < 4.78 is 39.4. The molecule has 1 fully saturated rings. The standard InChI is InChI=1S/C13H13F3N2S/c1-18-6-2-3-12(18)10-5-4-9(19-8-17)7-11(10)13(14,15)16/h4-5,7,12H,2-3,6H2,1H3. The molecule has 1 aromatic rings. The fourth-order valence-corrected chi connectivity index (χ4v) is 2.91. The molecule has 102 valence electrons. The lowest BCUT2D eigenvalue weighted by Crippen LogP contribution is -2.21. The van der Waals surface area contributed by atoms with Crippen molar-refractivity contribution in [2.24, 2.45) is 0 Å². The molecule has 2 nitrogen and oxygen atoms in total. The average Bonchev–Trinajstić information content (AvgIpc) is 2.75. The Hall–Kier alpha value is -1.19. The van der Waals surface area contributed by atoms with E-state index in [9.17, 15) is 13.2 Å². The molecule has 0 amide bonds. The van der Waals surface area contributed by atoms with E-state index in [2.05, 4.69) is 0 Å². The Labute approximate surface area is 114 Å². The summed E-state index contributed by atoms with van der Waals surface area (Å²) in [6.45, 7) is 0.816. The molecule has 0 aliphatic carbocycles. The highest BCUT2D eigenvalue weighted by Crippen LogP contribution is 2.41. The summed E-state index contributed by atoms with van der Waals surface area (Å²) in [4.78, 5) is 2.28. The van der Waals surface area contributed by atoms with Gasteiger partial charge in [-0.1, -0.05) is 6.07 Å². The molecule has 1 aliphatic heterocycles. The van der Waals surface area contributed by atoms with Gasteiger partial charge in [0.2, 0.25) is 0 Å². The van der Waals surface area contributed by atoms with Crippen molar-refractivity contribution in [1.82, 2.24) is 4.90 Å². The van der Waals surface area contributed by atoms with Crippen molar-refractivity contribution in [3.63, 3.8) is 0 Å². The summed E-state index contributed by atoms with van der Waals surface area (Å²) in [5.74, 6) is 0. The van der Waals surface area contributed by atoms with Crippen LogP contribution >= 0.6 is 11.8 Å². The molecule has 1 aromatic carbocycles. The summed E-state index contributed by atoms with van der Waals surface area (Å²) in [7, 11) is 1.84. The van der Waals surface area contributed by atoms with Crippen molar-refractivity contribution in [1.29, 1.82) is 5.26 Å². The maximum atomic E-state index is 13.1. The summed E-state index contributed by atoms with van der Waals surface area (Å²) in [5, 5.41) is 10.4. The Morgan fingerprint density at radius 3 is 2.68 bits per heavy atom. The quantitative estimate of drug-likeness (QED) is 0.606. The molecule has 2 rings (SSSR count). The van der Waals surface area contributed by atoms with Gasteiger partial charge in [0.25, 0.3) is 0 Å². The number of benzene rings is 1. The van der Waals surface area contributed by atoms with Crippen LogP contribution in [0, 0.1) is 10.7 Å². The first-order valence-electron chi connectivity index (χ1n) is 5.91. The van der Waals surface area contributed by atoms with Crippen molar-refractivity contribution >= 4 is 11.8 Å². The molecule has 0 radical (unpaired) electrons. The lowest BCUT2D eigenvalue weighted by atomic mass is 9.98. The molecule has 0 spiro atoms. The third-order valence-corrected chi connectivity index (χ3v) is 3.95. The fourth-order valence-electron chi connectivity index (χ4n) is 2.49. The fraction of sp³-hybridized carbons (Fsp3) is 0.462. The minimum Gasteiger partial charge on any atom is -0.299 e. The molecule has 0 bridgehead atoms. The maximum Gasteiger partial charge on any atom is 0.416 e. The van der Waals surface area contributed by atoms with Gasteiger partial charge in [0, 0.05) is 10.9 Å². The van der Waals surface area contributed by atoms with Crippen molar-refractivity contribution < 1.29 is 13.2 Å². The van der Waals surface area contributed by atoms with Gasteiger partial charge < -0.3 is 0 Å². The second-order valence-corrected chi connectivity index (χ2v) is 5.44. The molecule has 6 heteroatoms. The number of hydrogen-bond donors (Lipinski definition) is 0. The number of rotatable bonds is 2. The van der Waals surface area contributed by atoms with Crippen LogP contribution < -0.4 is 0 Å². The topological polar surface area (TPSA) is 27.0 Å². The third-order valence-electron chi connectivity index (χ3n) is 3.37. The van der Waals surface area contributed by atoms with Crippen LogP contribution in [0.25, 0.3) is 0 Å². The van der Waals surface area contributed by atoms with Gasteiger partial charge in [-0.15, -0.1) is 0 Å². The van der Waals surface area contributed by atoms with Crippen molar-refractivity contribution in [3.8, 4) is 5.40 Å². The highest BCUT2D eigenvalue weighted by molar-refractivity contribution is 8.03. The molecule has 1 heterocycles. The molecular formula is C13H13F3N2S. The van der Waals surface area contributed by atoms with Gasteiger partial charge in [-0.2, -0.15) is 18.4 Å². The number of halogens is 3. The van der Waals surface area contributed by atoms with Crippen LogP contribution in [-0.2, 0) is 6.18 Å². The lowest BCUT2D eigenvalue weighted by Gasteiger charge is -2.24. The number of alkyl halides is 3. The number of likely N-dealkylation sites (tertiary alicyclic amines) is 1. The summed E-state index contributed by atoms with van der Waals surface area (Å²) in [5.41, 5.74) is -0.304. The second kappa shape index (κ2) is 5.43. The highest BCUT2D eigenvalue weighted by atomic mass is 32.2. The van der Waals surface area contributed by atoms with E-state index in [0.717, 1.165) is 37.2 Å². The first-order valence-corrected chi connectivity index (χ1v) is 6.72. The predicted molar refractivity (Wildman–Crippen MR) is 67.5 cm³/mol.